The molecule has 0 aromatic carbocycles. The van der Waals surface area contributed by atoms with Gasteiger partial charge in [-0.15, -0.1) is 24.8 Å². The molecule has 1 aliphatic carbocycles. The van der Waals surface area contributed by atoms with Crippen molar-refractivity contribution >= 4 is 24.8 Å². The second-order valence-electron chi connectivity index (χ2n) is 2.70. The third-order valence-electron chi connectivity index (χ3n) is 2.21. The molecule has 2 unspecified atom stereocenters. The summed E-state index contributed by atoms with van der Waals surface area (Å²) in [5.74, 6) is 0. The minimum atomic E-state index is 0. The van der Waals surface area contributed by atoms with Crippen LogP contribution in [0.4, 0.5) is 0 Å². The molecule has 0 bridgehead atoms. The summed E-state index contributed by atoms with van der Waals surface area (Å²) in [6.45, 7) is 2.34. The van der Waals surface area contributed by atoms with E-state index in [0.717, 1.165) is 12.1 Å². The van der Waals surface area contributed by atoms with E-state index in [9.17, 15) is 0 Å². The van der Waals surface area contributed by atoms with Crippen LogP contribution in [0.2, 0.25) is 0 Å². The van der Waals surface area contributed by atoms with Gasteiger partial charge in [0.15, 0.2) is 0 Å². The quantitative estimate of drug-likeness (QED) is 0.576. The minimum absolute atomic E-state index is 0. The summed E-state index contributed by atoms with van der Waals surface area (Å²) in [7, 11) is 0. The fourth-order valence-corrected chi connectivity index (χ4v) is 1.50. The fraction of sp³-hybridized carbons (Fsp3) is 1.00. The molecule has 2 rings (SSSR count). The Kier molecular flexibility index (Phi) is 4.61. The van der Waals surface area contributed by atoms with Gasteiger partial charge >= 0.3 is 0 Å². The molecular formula is C6H14Cl2N2. The summed E-state index contributed by atoms with van der Waals surface area (Å²) in [5, 5.41) is 6.91. The summed E-state index contributed by atoms with van der Waals surface area (Å²) < 4.78 is 0. The molecule has 1 aliphatic heterocycles. The zero-order chi connectivity index (χ0) is 5.40. The van der Waals surface area contributed by atoms with Gasteiger partial charge in [-0.1, -0.05) is 0 Å². The van der Waals surface area contributed by atoms with Crippen LogP contribution in [-0.4, -0.2) is 25.2 Å². The molecule has 1 heterocycles. The lowest BCUT2D eigenvalue weighted by molar-refractivity contribution is 0.206. The highest BCUT2D eigenvalue weighted by Gasteiger charge is 2.31. The van der Waals surface area contributed by atoms with Crippen molar-refractivity contribution in [3.63, 3.8) is 0 Å². The highest BCUT2D eigenvalue weighted by molar-refractivity contribution is 5.85. The Labute approximate surface area is 74.0 Å². The Hall–Kier alpha value is 0.500. The van der Waals surface area contributed by atoms with Crippen molar-refractivity contribution < 1.29 is 0 Å². The molecule has 1 saturated carbocycles. The van der Waals surface area contributed by atoms with Crippen LogP contribution >= 0.6 is 24.8 Å². The molecule has 0 amide bonds. The van der Waals surface area contributed by atoms with Gasteiger partial charge in [0.25, 0.3) is 0 Å². The molecule has 2 N–H and O–H groups in total. The van der Waals surface area contributed by atoms with Crippen LogP contribution in [0.3, 0.4) is 0 Å². The number of hydrogen-bond donors (Lipinski definition) is 2. The Morgan fingerprint density at radius 3 is 1.40 bits per heavy atom. The number of rotatable bonds is 0. The van der Waals surface area contributed by atoms with Gasteiger partial charge in [0.1, 0.15) is 0 Å². The molecular weight excluding hydrogens is 171 g/mol. The molecule has 2 nitrogen and oxygen atoms in total. The fourth-order valence-electron chi connectivity index (χ4n) is 1.50. The molecule has 0 aromatic heterocycles. The third-order valence-corrected chi connectivity index (χ3v) is 2.21. The second-order valence-corrected chi connectivity index (χ2v) is 2.70. The first-order valence-electron chi connectivity index (χ1n) is 3.43. The van der Waals surface area contributed by atoms with Gasteiger partial charge < -0.3 is 10.6 Å². The first-order valence-corrected chi connectivity index (χ1v) is 3.43. The van der Waals surface area contributed by atoms with E-state index >= 15 is 0 Å². The molecule has 4 heteroatoms. The molecule has 2 aliphatic rings. The number of halogens is 2. The highest BCUT2D eigenvalue weighted by Crippen LogP contribution is 2.20. The number of piperazine rings is 1. The van der Waals surface area contributed by atoms with Crippen molar-refractivity contribution in [3.05, 3.63) is 0 Å². The second kappa shape index (κ2) is 4.39. The molecule has 10 heavy (non-hydrogen) atoms. The maximum Gasteiger partial charge on any atom is 0.0222 e. The SMILES string of the molecule is C1CNC2CCC2N1.Cl.Cl. The lowest BCUT2D eigenvalue weighted by atomic mass is 9.85. The van der Waals surface area contributed by atoms with Crippen LogP contribution in [0, 0.1) is 0 Å². The van der Waals surface area contributed by atoms with E-state index in [-0.39, 0.29) is 24.8 Å². The van der Waals surface area contributed by atoms with Crippen molar-refractivity contribution in [2.45, 2.75) is 24.9 Å². The normalized spacial score (nSPS) is 36.0. The standard InChI is InChI=1S/C6H12N2.2ClH/c1-2-6-5(1)7-3-4-8-6;;/h5-8H,1-4H2;2*1H. The summed E-state index contributed by atoms with van der Waals surface area (Å²) in [5.41, 5.74) is 0. The molecule has 0 radical (unpaired) electrons. The zero-order valence-corrected chi connectivity index (χ0v) is 7.43. The zero-order valence-electron chi connectivity index (χ0n) is 5.80. The van der Waals surface area contributed by atoms with E-state index in [0.29, 0.717) is 0 Å². The summed E-state index contributed by atoms with van der Waals surface area (Å²) in [6.07, 6.45) is 2.77. The topological polar surface area (TPSA) is 24.1 Å². The van der Waals surface area contributed by atoms with Crippen molar-refractivity contribution in [2.75, 3.05) is 13.1 Å². The maximum absolute atomic E-state index is 3.46. The van der Waals surface area contributed by atoms with Crippen molar-refractivity contribution in [1.82, 2.24) is 10.6 Å². The largest absolute Gasteiger partial charge is 0.311 e. The predicted octanol–water partition coefficient (Wildman–Crippen LogP) is 0.554. The predicted molar refractivity (Wildman–Crippen MR) is 47.3 cm³/mol. The Balaban J connectivity index is 0.000000405. The van der Waals surface area contributed by atoms with Crippen molar-refractivity contribution in [2.24, 2.45) is 0 Å². The van der Waals surface area contributed by atoms with Crippen LogP contribution < -0.4 is 10.6 Å². The van der Waals surface area contributed by atoms with Crippen molar-refractivity contribution in [3.8, 4) is 0 Å². The Bertz CT molecular complexity index is 87.7. The van der Waals surface area contributed by atoms with E-state index in [2.05, 4.69) is 10.6 Å². The van der Waals surface area contributed by atoms with Crippen LogP contribution in [-0.2, 0) is 0 Å². The lowest BCUT2D eigenvalue weighted by Crippen LogP contribution is -2.61. The smallest absolute Gasteiger partial charge is 0.0222 e. The average molecular weight is 185 g/mol. The molecule has 2 atom stereocenters. The molecule has 2 fully saturated rings. The summed E-state index contributed by atoms with van der Waals surface area (Å²) >= 11 is 0. The Morgan fingerprint density at radius 2 is 1.20 bits per heavy atom. The van der Waals surface area contributed by atoms with Gasteiger partial charge in [-0.25, -0.2) is 0 Å². The third kappa shape index (κ3) is 1.76. The monoisotopic (exact) mass is 184 g/mol. The van der Waals surface area contributed by atoms with E-state index in [1.807, 2.05) is 0 Å². The van der Waals surface area contributed by atoms with Crippen LogP contribution in [0.25, 0.3) is 0 Å². The van der Waals surface area contributed by atoms with E-state index in [4.69, 9.17) is 0 Å². The van der Waals surface area contributed by atoms with Gasteiger partial charge in [0.2, 0.25) is 0 Å². The van der Waals surface area contributed by atoms with Gasteiger partial charge in [-0.05, 0) is 12.8 Å². The molecule has 0 aromatic rings. The number of fused-ring (bicyclic) bond motifs is 1. The maximum atomic E-state index is 3.46. The number of hydrogen-bond acceptors (Lipinski definition) is 2. The Morgan fingerprint density at radius 1 is 0.800 bits per heavy atom. The van der Waals surface area contributed by atoms with E-state index in [1.54, 1.807) is 0 Å². The van der Waals surface area contributed by atoms with Crippen LogP contribution in [0.15, 0.2) is 0 Å². The first-order chi connectivity index (χ1) is 3.97. The van der Waals surface area contributed by atoms with Crippen molar-refractivity contribution in [1.29, 1.82) is 0 Å². The number of nitrogens with one attached hydrogen (secondary N) is 2. The van der Waals surface area contributed by atoms with Gasteiger partial charge in [0.05, 0.1) is 0 Å². The van der Waals surface area contributed by atoms with E-state index in [1.165, 1.54) is 25.9 Å². The summed E-state index contributed by atoms with van der Waals surface area (Å²) in [4.78, 5) is 0. The molecule has 62 valence electrons. The van der Waals surface area contributed by atoms with Crippen LogP contribution in [0.5, 0.6) is 0 Å². The molecule has 1 saturated heterocycles. The van der Waals surface area contributed by atoms with E-state index < -0.39 is 0 Å². The summed E-state index contributed by atoms with van der Waals surface area (Å²) in [6, 6.07) is 1.65. The lowest BCUT2D eigenvalue weighted by Gasteiger charge is -2.41. The first kappa shape index (κ1) is 10.5. The average Bonchev–Trinajstić information content (AvgIpc) is 1.72. The van der Waals surface area contributed by atoms with Crippen LogP contribution in [0.1, 0.15) is 12.8 Å². The minimum Gasteiger partial charge on any atom is -0.311 e. The van der Waals surface area contributed by atoms with Gasteiger partial charge in [-0.2, -0.15) is 0 Å². The van der Waals surface area contributed by atoms with Gasteiger partial charge in [0, 0.05) is 25.2 Å². The highest BCUT2D eigenvalue weighted by atomic mass is 35.5. The molecule has 0 spiro atoms. The van der Waals surface area contributed by atoms with Gasteiger partial charge in [-0.3, -0.25) is 0 Å².